The molecule has 0 radical (unpaired) electrons. The quantitative estimate of drug-likeness (QED) is 0.683. The highest BCUT2D eigenvalue weighted by Gasteiger charge is 2.61. The molecule has 3 heterocycles. The Balaban J connectivity index is 1.55. The van der Waals surface area contributed by atoms with E-state index >= 15 is 0 Å². The molecule has 7 nitrogen and oxygen atoms in total. The largest absolute Gasteiger partial charge is 0.497 e. The van der Waals surface area contributed by atoms with Gasteiger partial charge in [-0.25, -0.2) is 5.01 Å². The summed E-state index contributed by atoms with van der Waals surface area (Å²) in [5.41, 5.74) is 2.87. The number of hydrazone groups is 1. The maximum absolute atomic E-state index is 13.5. The van der Waals surface area contributed by atoms with Gasteiger partial charge in [0.25, 0.3) is 5.91 Å². The third-order valence-corrected chi connectivity index (χ3v) is 6.34. The van der Waals surface area contributed by atoms with Gasteiger partial charge in [-0.3, -0.25) is 4.79 Å². The van der Waals surface area contributed by atoms with E-state index in [0.717, 1.165) is 33.8 Å². The predicted octanol–water partition coefficient (Wildman–Crippen LogP) is 4.05. The predicted molar refractivity (Wildman–Crippen MR) is 119 cm³/mol. The van der Waals surface area contributed by atoms with Crippen LogP contribution in [-0.2, 0) is 10.5 Å². The van der Waals surface area contributed by atoms with Gasteiger partial charge in [0.1, 0.15) is 5.75 Å². The molecule has 0 aromatic heterocycles. The lowest BCUT2D eigenvalue weighted by molar-refractivity contribution is -0.161. The second kappa shape index (κ2) is 6.75. The molecule has 3 aliphatic rings. The molecular formula is C25H21N3O4. The molecule has 7 heteroatoms. The molecule has 0 saturated carbocycles. The van der Waals surface area contributed by atoms with E-state index < -0.39 is 5.72 Å². The Morgan fingerprint density at radius 1 is 1.03 bits per heavy atom. The average molecular weight is 427 g/mol. The maximum atomic E-state index is 13.5. The van der Waals surface area contributed by atoms with Gasteiger partial charge in [-0.05, 0) is 42.0 Å². The molecule has 3 aliphatic heterocycles. The molecule has 2 atom stereocenters. The van der Waals surface area contributed by atoms with Crippen molar-refractivity contribution in [1.29, 1.82) is 0 Å². The van der Waals surface area contributed by atoms with Crippen LogP contribution in [-0.4, -0.2) is 30.8 Å². The van der Waals surface area contributed by atoms with Gasteiger partial charge in [-0.2, -0.15) is 5.10 Å². The molecule has 0 bridgehead atoms. The Kier molecular flexibility index (Phi) is 3.95. The number of methoxy groups -OCH3 is 2. The summed E-state index contributed by atoms with van der Waals surface area (Å²) < 4.78 is 17.4. The Morgan fingerprint density at radius 3 is 2.62 bits per heavy atom. The highest BCUT2D eigenvalue weighted by molar-refractivity contribution is 6.07. The van der Waals surface area contributed by atoms with Crippen molar-refractivity contribution in [2.24, 2.45) is 5.10 Å². The van der Waals surface area contributed by atoms with E-state index in [1.807, 2.05) is 71.7 Å². The maximum Gasteiger partial charge on any atom is 0.306 e. The molecule has 0 unspecified atom stereocenters. The molecular weight excluding hydrogens is 406 g/mol. The summed E-state index contributed by atoms with van der Waals surface area (Å²) >= 11 is 0. The summed E-state index contributed by atoms with van der Waals surface area (Å²) in [6.45, 7) is 0. The molecule has 0 aliphatic carbocycles. The molecule has 0 fully saturated rings. The third-order valence-electron chi connectivity index (χ3n) is 6.34. The molecule has 6 rings (SSSR count). The van der Waals surface area contributed by atoms with Gasteiger partial charge >= 0.3 is 5.72 Å². The van der Waals surface area contributed by atoms with E-state index in [9.17, 15) is 4.79 Å². The minimum absolute atomic E-state index is 0.178. The number of carbonyl (C=O) groups is 1. The van der Waals surface area contributed by atoms with Crippen LogP contribution in [0.15, 0.2) is 71.8 Å². The number of nitrogens with one attached hydrogen (secondary N) is 1. The van der Waals surface area contributed by atoms with Crippen LogP contribution in [0.3, 0.4) is 0 Å². The van der Waals surface area contributed by atoms with Crippen LogP contribution in [0.4, 0.5) is 5.69 Å². The van der Waals surface area contributed by atoms with Crippen molar-refractivity contribution in [2.75, 3.05) is 19.5 Å². The van der Waals surface area contributed by atoms with E-state index in [2.05, 4.69) is 5.32 Å². The van der Waals surface area contributed by atoms with Crippen LogP contribution in [0.5, 0.6) is 17.2 Å². The number of hydrogen-bond donors (Lipinski definition) is 1. The SMILES string of the molecule is COc1ccc(C2=NN3[C@@H](C2)c2cccc(OC)c2O[C@@]32C(=O)Nc3ccccc32)cc1. The number of nitrogens with zero attached hydrogens (tertiary/aromatic N) is 2. The first-order valence-corrected chi connectivity index (χ1v) is 10.4. The van der Waals surface area contributed by atoms with Gasteiger partial charge in [0.2, 0.25) is 0 Å². The first kappa shape index (κ1) is 18.7. The number of para-hydroxylation sites is 2. The highest BCUT2D eigenvalue weighted by Crippen LogP contribution is 2.56. The van der Waals surface area contributed by atoms with E-state index in [-0.39, 0.29) is 11.9 Å². The van der Waals surface area contributed by atoms with Crippen LogP contribution in [0.2, 0.25) is 0 Å². The summed E-state index contributed by atoms with van der Waals surface area (Å²) in [5.74, 6) is 1.69. The van der Waals surface area contributed by atoms with Gasteiger partial charge in [-0.1, -0.05) is 30.3 Å². The summed E-state index contributed by atoms with van der Waals surface area (Å²) in [5, 5.41) is 9.75. The summed E-state index contributed by atoms with van der Waals surface area (Å²) in [6, 6.07) is 21.0. The van der Waals surface area contributed by atoms with Crippen molar-refractivity contribution in [1.82, 2.24) is 5.01 Å². The van der Waals surface area contributed by atoms with E-state index in [1.54, 1.807) is 14.2 Å². The van der Waals surface area contributed by atoms with Crippen molar-refractivity contribution >= 4 is 17.3 Å². The topological polar surface area (TPSA) is 72.4 Å². The van der Waals surface area contributed by atoms with Crippen molar-refractivity contribution in [3.8, 4) is 17.2 Å². The zero-order chi connectivity index (χ0) is 21.9. The summed E-state index contributed by atoms with van der Waals surface area (Å²) in [7, 11) is 3.25. The molecule has 1 N–H and O–H groups in total. The normalized spacial score (nSPS) is 22.4. The molecule has 0 saturated heterocycles. The lowest BCUT2D eigenvalue weighted by Crippen LogP contribution is -2.55. The zero-order valence-electron chi connectivity index (χ0n) is 17.7. The van der Waals surface area contributed by atoms with Crippen molar-refractivity contribution in [3.63, 3.8) is 0 Å². The Bertz CT molecular complexity index is 1270. The fourth-order valence-corrected chi connectivity index (χ4v) is 4.81. The molecule has 160 valence electrons. The number of anilines is 1. The monoisotopic (exact) mass is 427 g/mol. The second-order valence-electron chi connectivity index (χ2n) is 7.96. The van der Waals surface area contributed by atoms with Gasteiger partial charge < -0.3 is 19.5 Å². The summed E-state index contributed by atoms with van der Waals surface area (Å²) in [6.07, 6.45) is 0.632. The minimum atomic E-state index is -1.41. The fraction of sp³-hybridized carbons (Fsp3) is 0.200. The fourth-order valence-electron chi connectivity index (χ4n) is 4.81. The lowest BCUT2D eigenvalue weighted by atomic mass is 9.92. The van der Waals surface area contributed by atoms with Crippen LogP contribution in [0, 0.1) is 0 Å². The zero-order valence-corrected chi connectivity index (χ0v) is 17.7. The van der Waals surface area contributed by atoms with Crippen LogP contribution < -0.4 is 19.5 Å². The van der Waals surface area contributed by atoms with Gasteiger partial charge in [0.05, 0.1) is 37.2 Å². The van der Waals surface area contributed by atoms with Crippen LogP contribution in [0.25, 0.3) is 0 Å². The standard InChI is InChI=1S/C25H21N3O4/c1-30-16-12-10-15(11-13-16)20-14-21-17-6-5-9-22(31-2)23(17)32-25(28(21)27-20)18-7-3-4-8-19(18)26-24(25)29/h3-13,21H,14H2,1-2H3,(H,26,29)/t21-,25-/m0/s1. The lowest BCUT2D eigenvalue weighted by Gasteiger charge is -2.44. The number of fused-ring (bicyclic) bond motifs is 6. The van der Waals surface area contributed by atoms with E-state index in [1.165, 1.54) is 0 Å². The third kappa shape index (κ3) is 2.42. The Hall–Kier alpha value is -4.00. The van der Waals surface area contributed by atoms with Crippen molar-refractivity contribution in [2.45, 2.75) is 18.2 Å². The van der Waals surface area contributed by atoms with Crippen molar-refractivity contribution < 1.29 is 19.0 Å². The molecule has 1 amide bonds. The average Bonchev–Trinajstić information content (AvgIpc) is 3.40. The number of ether oxygens (including phenoxy) is 3. The number of hydrogen-bond acceptors (Lipinski definition) is 6. The van der Waals surface area contributed by atoms with Gasteiger partial charge in [0, 0.05) is 12.0 Å². The molecule has 32 heavy (non-hydrogen) atoms. The summed E-state index contributed by atoms with van der Waals surface area (Å²) in [4.78, 5) is 13.5. The van der Waals surface area contributed by atoms with E-state index in [4.69, 9.17) is 19.3 Å². The Labute approximate surface area is 185 Å². The number of benzene rings is 3. The van der Waals surface area contributed by atoms with Crippen molar-refractivity contribution in [3.05, 3.63) is 83.4 Å². The first-order chi connectivity index (χ1) is 15.7. The highest BCUT2D eigenvalue weighted by atomic mass is 16.6. The molecule has 3 aromatic carbocycles. The molecule has 1 spiro atoms. The van der Waals surface area contributed by atoms with Gasteiger partial charge in [-0.15, -0.1) is 0 Å². The van der Waals surface area contributed by atoms with Crippen LogP contribution in [0.1, 0.15) is 29.2 Å². The Morgan fingerprint density at radius 2 is 1.84 bits per heavy atom. The molecule has 3 aromatic rings. The minimum Gasteiger partial charge on any atom is -0.497 e. The van der Waals surface area contributed by atoms with E-state index in [0.29, 0.717) is 17.9 Å². The van der Waals surface area contributed by atoms with Gasteiger partial charge in [0.15, 0.2) is 11.5 Å². The first-order valence-electron chi connectivity index (χ1n) is 10.4. The smallest absolute Gasteiger partial charge is 0.306 e. The number of amides is 1. The van der Waals surface area contributed by atoms with Crippen LogP contribution >= 0.6 is 0 Å². The number of carbonyl (C=O) groups excluding carboxylic acids is 1. The number of rotatable bonds is 3. The second-order valence-corrected chi connectivity index (χ2v) is 7.96.